The zero-order valence-corrected chi connectivity index (χ0v) is 12.6. The topological polar surface area (TPSA) is 39.9 Å². The summed E-state index contributed by atoms with van der Waals surface area (Å²) in [4.78, 5) is 4.89. The van der Waals surface area contributed by atoms with Gasteiger partial charge in [-0.25, -0.2) is 0 Å². The lowest BCUT2D eigenvalue weighted by atomic mass is 9.87. The second kappa shape index (κ2) is 5.51. The van der Waals surface area contributed by atoms with Gasteiger partial charge in [-0.05, 0) is 58.3 Å². The minimum atomic E-state index is -0.556. The van der Waals surface area contributed by atoms with E-state index in [1.54, 1.807) is 0 Å². The van der Waals surface area contributed by atoms with Crippen LogP contribution in [0.3, 0.4) is 0 Å². The first kappa shape index (κ1) is 14.1. The van der Waals surface area contributed by atoms with Crippen LogP contribution >= 0.6 is 0 Å². The number of furan rings is 1. The van der Waals surface area contributed by atoms with Crippen LogP contribution in [0.15, 0.2) is 16.5 Å². The molecule has 2 saturated heterocycles. The number of hydrogen-bond acceptors (Lipinski definition) is 4. The third-order valence-electron chi connectivity index (χ3n) is 4.84. The Balaban J connectivity index is 1.66. The highest BCUT2D eigenvalue weighted by Gasteiger charge is 2.41. The maximum absolute atomic E-state index is 10.7. The smallest absolute Gasteiger partial charge is 0.118 e. The molecule has 4 nitrogen and oxygen atoms in total. The number of piperidine rings is 1. The van der Waals surface area contributed by atoms with Gasteiger partial charge < -0.3 is 9.52 Å². The highest BCUT2D eigenvalue weighted by atomic mass is 16.3. The van der Waals surface area contributed by atoms with Crippen molar-refractivity contribution in [1.82, 2.24) is 9.80 Å². The number of hydrogen-bond donors (Lipinski definition) is 1. The summed E-state index contributed by atoms with van der Waals surface area (Å²) in [6.45, 7) is 8.99. The van der Waals surface area contributed by atoms with Gasteiger partial charge in [0, 0.05) is 13.1 Å². The van der Waals surface area contributed by atoms with Crippen molar-refractivity contribution in [2.24, 2.45) is 0 Å². The molecule has 2 atom stereocenters. The van der Waals surface area contributed by atoms with Crippen molar-refractivity contribution in [2.45, 2.75) is 51.3 Å². The van der Waals surface area contributed by atoms with Gasteiger partial charge in [0.15, 0.2) is 0 Å². The number of rotatable bonds is 3. The maximum atomic E-state index is 10.7. The van der Waals surface area contributed by atoms with Crippen LogP contribution in [0.2, 0.25) is 0 Å². The van der Waals surface area contributed by atoms with Crippen LogP contribution in [0.5, 0.6) is 0 Å². The monoisotopic (exact) mass is 278 g/mol. The van der Waals surface area contributed by atoms with Gasteiger partial charge in [0.25, 0.3) is 0 Å². The number of aryl methyl sites for hydroxylation is 1. The summed E-state index contributed by atoms with van der Waals surface area (Å²) < 4.78 is 5.68. The van der Waals surface area contributed by atoms with E-state index >= 15 is 0 Å². The van der Waals surface area contributed by atoms with Crippen LogP contribution in [-0.2, 0) is 6.54 Å². The molecule has 2 fully saturated rings. The molecule has 0 spiro atoms. The van der Waals surface area contributed by atoms with Crippen molar-refractivity contribution in [3.8, 4) is 0 Å². The molecular weight excluding hydrogens is 252 g/mol. The Morgan fingerprint density at radius 3 is 2.70 bits per heavy atom. The van der Waals surface area contributed by atoms with Crippen LogP contribution in [0, 0.1) is 6.92 Å². The SMILES string of the molecule is Cc1ccc(CN2CC[C@@](C)(O)[C@H](N3CCCC3)C2)o1. The lowest BCUT2D eigenvalue weighted by Crippen LogP contribution is -2.60. The molecule has 1 aromatic heterocycles. The van der Waals surface area contributed by atoms with Gasteiger partial charge in [-0.15, -0.1) is 0 Å². The Morgan fingerprint density at radius 2 is 2.05 bits per heavy atom. The predicted molar refractivity (Wildman–Crippen MR) is 78.6 cm³/mol. The van der Waals surface area contributed by atoms with Crippen LogP contribution in [-0.4, -0.2) is 52.7 Å². The summed E-state index contributed by atoms with van der Waals surface area (Å²) in [6.07, 6.45) is 3.38. The van der Waals surface area contributed by atoms with Crippen molar-refractivity contribution in [2.75, 3.05) is 26.2 Å². The molecular formula is C16H26N2O2. The highest BCUT2D eigenvalue weighted by Crippen LogP contribution is 2.29. The zero-order valence-electron chi connectivity index (χ0n) is 12.6. The Bertz CT molecular complexity index is 449. The van der Waals surface area contributed by atoms with Crippen molar-refractivity contribution in [3.05, 3.63) is 23.7 Å². The van der Waals surface area contributed by atoms with E-state index in [-0.39, 0.29) is 6.04 Å². The summed E-state index contributed by atoms with van der Waals surface area (Å²) in [5.41, 5.74) is -0.556. The average Bonchev–Trinajstić information content (AvgIpc) is 3.03. The Labute approximate surface area is 121 Å². The van der Waals surface area contributed by atoms with E-state index in [4.69, 9.17) is 4.42 Å². The number of likely N-dealkylation sites (tertiary alicyclic amines) is 2. The van der Waals surface area contributed by atoms with Gasteiger partial charge in [-0.2, -0.15) is 0 Å². The molecule has 0 aromatic carbocycles. The Morgan fingerprint density at radius 1 is 1.30 bits per heavy atom. The van der Waals surface area contributed by atoms with Gasteiger partial charge in [0.05, 0.1) is 18.2 Å². The lowest BCUT2D eigenvalue weighted by molar-refractivity contribution is -0.0785. The van der Waals surface area contributed by atoms with Crippen molar-refractivity contribution >= 4 is 0 Å². The first-order valence-corrected chi connectivity index (χ1v) is 7.79. The first-order chi connectivity index (χ1) is 9.54. The van der Waals surface area contributed by atoms with Gasteiger partial charge >= 0.3 is 0 Å². The standard InChI is InChI=1S/C16H26N2O2/c1-13-5-6-14(20-13)11-17-10-7-16(2,19)15(12-17)18-8-3-4-9-18/h5-6,15,19H,3-4,7-12H2,1-2H3/t15-,16-/m1/s1. The molecule has 1 aromatic rings. The summed E-state index contributed by atoms with van der Waals surface area (Å²) in [7, 11) is 0. The Kier molecular flexibility index (Phi) is 3.89. The zero-order chi connectivity index (χ0) is 14.2. The molecule has 0 amide bonds. The molecule has 0 aliphatic carbocycles. The fraction of sp³-hybridized carbons (Fsp3) is 0.750. The van der Waals surface area contributed by atoms with E-state index in [9.17, 15) is 5.11 Å². The van der Waals surface area contributed by atoms with E-state index in [0.29, 0.717) is 0 Å². The van der Waals surface area contributed by atoms with Crippen LogP contribution in [0.1, 0.15) is 37.7 Å². The van der Waals surface area contributed by atoms with Crippen molar-refractivity contribution < 1.29 is 9.52 Å². The first-order valence-electron chi connectivity index (χ1n) is 7.79. The fourth-order valence-corrected chi connectivity index (χ4v) is 3.58. The number of nitrogens with zero attached hydrogens (tertiary/aromatic N) is 2. The van der Waals surface area contributed by atoms with Crippen molar-refractivity contribution in [1.29, 1.82) is 0 Å². The second-order valence-corrected chi connectivity index (χ2v) is 6.61. The van der Waals surface area contributed by atoms with E-state index in [0.717, 1.165) is 50.7 Å². The molecule has 112 valence electrons. The summed E-state index contributed by atoms with van der Waals surface area (Å²) in [5.74, 6) is 2.00. The molecule has 0 saturated carbocycles. The van der Waals surface area contributed by atoms with Crippen LogP contribution < -0.4 is 0 Å². The fourth-order valence-electron chi connectivity index (χ4n) is 3.58. The maximum Gasteiger partial charge on any atom is 0.118 e. The normalized spacial score (nSPS) is 32.9. The largest absolute Gasteiger partial charge is 0.465 e. The molecule has 4 heteroatoms. The van der Waals surface area contributed by atoms with Gasteiger partial charge in [-0.3, -0.25) is 9.80 Å². The number of aliphatic hydroxyl groups is 1. The summed E-state index contributed by atoms with van der Waals surface area (Å²) >= 11 is 0. The predicted octanol–water partition coefficient (Wildman–Crippen LogP) is 2.01. The van der Waals surface area contributed by atoms with Gasteiger partial charge in [0.2, 0.25) is 0 Å². The molecule has 1 N–H and O–H groups in total. The van der Waals surface area contributed by atoms with E-state index in [1.807, 2.05) is 19.9 Å². The minimum absolute atomic E-state index is 0.259. The molecule has 2 aliphatic rings. The van der Waals surface area contributed by atoms with E-state index < -0.39 is 5.60 Å². The summed E-state index contributed by atoms with van der Waals surface area (Å²) in [5, 5.41) is 10.7. The minimum Gasteiger partial charge on any atom is -0.465 e. The molecule has 0 bridgehead atoms. The van der Waals surface area contributed by atoms with E-state index in [2.05, 4.69) is 15.9 Å². The van der Waals surface area contributed by atoms with Crippen LogP contribution in [0.25, 0.3) is 0 Å². The molecule has 20 heavy (non-hydrogen) atoms. The second-order valence-electron chi connectivity index (χ2n) is 6.61. The molecule has 3 rings (SSSR count). The van der Waals surface area contributed by atoms with Gasteiger partial charge in [0.1, 0.15) is 11.5 Å². The van der Waals surface area contributed by atoms with E-state index in [1.165, 1.54) is 12.8 Å². The quantitative estimate of drug-likeness (QED) is 0.918. The van der Waals surface area contributed by atoms with Crippen LogP contribution in [0.4, 0.5) is 0 Å². The molecule has 2 aliphatic heterocycles. The molecule has 3 heterocycles. The summed E-state index contributed by atoms with van der Waals surface area (Å²) in [6, 6.07) is 4.34. The third kappa shape index (κ3) is 2.92. The van der Waals surface area contributed by atoms with Gasteiger partial charge in [-0.1, -0.05) is 0 Å². The van der Waals surface area contributed by atoms with Crippen molar-refractivity contribution in [3.63, 3.8) is 0 Å². The average molecular weight is 278 g/mol. The Hall–Kier alpha value is -0.840. The molecule has 0 unspecified atom stereocenters. The third-order valence-corrected chi connectivity index (χ3v) is 4.84. The lowest BCUT2D eigenvalue weighted by Gasteiger charge is -2.46. The highest BCUT2D eigenvalue weighted by molar-refractivity contribution is 5.06. The molecule has 0 radical (unpaired) electrons.